The zero-order valence-electron chi connectivity index (χ0n) is 9.74. The summed E-state index contributed by atoms with van der Waals surface area (Å²) in [6, 6.07) is 0. The van der Waals surface area contributed by atoms with Gasteiger partial charge in [-0.25, -0.2) is 0 Å². The Labute approximate surface area is 91.8 Å². The molecular weight excluding hydrogens is 192 g/mol. The number of hydrogen-bond donors (Lipinski definition) is 1. The zero-order valence-corrected chi connectivity index (χ0v) is 9.74. The molecule has 0 spiro atoms. The van der Waals surface area contributed by atoms with E-state index in [0.717, 1.165) is 31.8 Å². The normalized spacial score (nSPS) is 20.3. The third-order valence-corrected chi connectivity index (χ3v) is 2.96. The highest BCUT2D eigenvalue weighted by atomic mass is 16.5. The third kappa shape index (κ3) is 4.18. The van der Waals surface area contributed by atoms with Crippen LogP contribution < -0.4 is 5.73 Å². The lowest BCUT2D eigenvalue weighted by atomic mass is 9.99. The van der Waals surface area contributed by atoms with Crippen molar-refractivity contribution in [3.63, 3.8) is 0 Å². The Bertz CT molecular complexity index is 201. The predicted octanol–water partition coefficient (Wildman–Crippen LogP) is 0.609. The van der Waals surface area contributed by atoms with Gasteiger partial charge in [-0.15, -0.1) is 0 Å². The van der Waals surface area contributed by atoms with Crippen molar-refractivity contribution in [2.75, 3.05) is 26.2 Å². The Morgan fingerprint density at radius 3 is 2.67 bits per heavy atom. The van der Waals surface area contributed by atoms with Crippen LogP contribution in [0.5, 0.6) is 0 Å². The van der Waals surface area contributed by atoms with Gasteiger partial charge in [0.25, 0.3) is 0 Å². The molecule has 1 amide bonds. The summed E-state index contributed by atoms with van der Waals surface area (Å²) in [7, 11) is 0. The van der Waals surface area contributed by atoms with Gasteiger partial charge in [0.2, 0.25) is 5.91 Å². The van der Waals surface area contributed by atoms with Crippen LogP contribution in [0.15, 0.2) is 0 Å². The maximum atomic E-state index is 11.7. The largest absolute Gasteiger partial charge is 0.367 e. The standard InChI is InChI=1S/C11H22N2O2/c1-9-3-5-13(6-4-9)11(14)8-15-10(2)7-12/h9-10H,3-8,12H2,1-2H3. The van der Waals surface area contributed by atoms with Crippen LogP contribution in [0.4, 0.5) is 0 Å². The minimum atomic E-state index is -0.0299. The van der Waals surface area contributed by atoms with Crippen molar-refractivity contribution in [2.45, 2.75) is 32.8 Å². The first-order valence-electron chi connectivity index (χ1n) is 5.73. The summed E-state index contributed by atoms with van der Waals surface area (Å²) < 4.78 is 5.32. The number of piperidine rings is 1. The van der Waals surface area contributed by atoms with Crippen LogP contribution in [-0.2, 0) is 9.53 Å². The van der Waals surface area contributed by atoms with Gasteiger partial charge < -0.3 is 15.4 Å². The summed E-state index contributed by atoms with van der Waals surface area (Å²) in [5.74, 6) is 0.847. The summed E-state index contributed by atoms with van der Waals surface area (Å²) in [6.45, 7) is 6.50. The molecule has 1 aliphatic heterocycles. The third-order valence-electron chi connectivity index (χ3n) is 2.96. The number of nitrogens with two attached hydrogens (primary N) is 1. The molecular formula is C11H22N2O2. The van der Waals surface area contributed by atoms with E-state index < -0.39 is 0 Å². The Balaban J connectivity index is 2.22. The van der Waals surface area contributed by atoms with Crippen molar-refractivity contribution >= 4 is 5.91 Å². The minimum Gasteiger partial charge on any atom is -0.367 e. The molecule has 0 aromatic rings. The van der Waals surface area contributed by atoms with Gasteiger partial charge in [0.15, 0.2) is 0 Å². The number of carbonyl (C=O) groups excluding carboxylic acids is 1. The maximum Gasteiger partial charge on any atom is 0.248 e. The van der Waals surface area contributed by atoms with Crippen molar-refractivity contribution in [2.24, 2.45) is 11.7 Å². The molecule has 1 fully saturated rings. The summed E-state index contributed by atoms with van der Waals surface area (Å²) in [4.78, 5) is 13.6. The lowest BCUT2D eigenvalue weighted by Gasteiger charge is -2.30. The van der Waals surface area contributed by atoms with Crippen LogP contribution in [0.25, 0.3) is 0 Å². The second-order valence-electron chi connectivity index (χ2n) is 4.42. The van der Waals surface area contributed by atoms with Crippen molar-refractivity contribution in [3.05, 3.63) is 0 Å². The molecule has 2 N–H and O–H groups in total. The van der Waals surface area contributed by atoms with Crippen molar-refractivity contribution in [1.29, 1.82) is 0 Å². The molecule has 1 atom stereocenters. The SMILES string of the molecule is CC1CCN(C(=O)COC(C)CN)CC1. The van der Waals surface area contributed by atoms with E-state index in [-0.39, 0.29) is 18.6 Å². The van der Waals surface area contributed by atoms with Gasteiger partial charge in [0, 0.05) is 19.6 Å². The number of ether oxygens (including phenoxy) is 1. The van der Waals surface area contributed by atoms with Gasteiger partial charge in [0.1, 0.15) is 6.61 Å². The number of carbonyl (C=O) groups is 1. The highest BCUT2D eigenvalue weighted by Crippen LogP contribution is 2.15. The van der Waals surface area contributed by atoms with Crippen LogP contribution in [0.1, 0.15) is 26.7 Å². The predicted molar refractivity (Wildman–Crippen MR) is 59.4 cm³/mol. The first-order valence-corrected chi connectivity index (χ1v) is 5.73. The molecule has 15 heavy (non-hydrogen) atoms. The number of rotatable bonds is 4. The summed E-state index contributed by atoms with van der Waals surface area (Å²) in [5.41, 5.74) is 5.41. The van der Waals surface area contributed by atoms with Crippen molar-refractivity contribution in [3.8, 4) is 0 Å². The molecule has 4 nitrogen and oxygen atoms in total. The molecule has 0 aliphatic carbocycles. The molecule has 0 bridgehead atoms. The molecule has 1 rings (SSSR count). The molecule has 0 aromatic heterocycles. The molecule has 4 heteroatoms. The van der Waals surface area contributed by atoms with E-state index in [2.05, 4.69) is 6.92 Å². The van der Waals surface area contributed by atoms with Crippen LogP contribution >= 0.6 is 0 Å². The molecule has 1 aliphatic rings. The van der Waals surface area contributed by atoms with Crippen LogP contribution in [0.3, 0.4) is 0 Å². The fraction of sp³-hybridized carbons (Fsp3) is 0.909. The van der Waals surface area contributed by atoms with Crippen molar-refractivity contribution in [1.82, 2.24) is 4.90 Å². The zero-order chi connectivity index (χ0) is 11.3. The highest BCUT2D eigenvalue weighted by molar-refractivity contribution is 5.77. The number of likely N-dealkylation sites (tertiary alicyclic amines) is 1. The summed E-state index contributed by atoms with van der Waals surface area (Å²) in [5, 5.41) is 0. The monoisotopic (exact) mass is 214 g/mol. The van der Waals surface area contributed by atoms with Crippen LogP contribution in [0.2, 0.25) is 0 Å². The van der Waals surface area contributed by atoms with Gasteiger partial charge in [-0.05, 0) is 25.7 Å². The number of amides is 1. The van der Waals surface area contributed by atoms with Gasteiger partial charge >= 0.3 is 0 Å². The smallest absolute Gasteiger partial charge is 0.248 e. The van der Waals surface area contributed by atoms with E-state index in [1.54, 1.807) is 0 Å². The quantitative estimate of drug-likeness (QED) is 0.746. The number of nitrogens with zero attached hydrogens (tertiary/aromatic N) is 1. The molecule has 0 saturated carbocycles. The molecule has 1 unspecified atom stereocenters. The first-order chi connectivity index (χ1) is 7.13. The fourth-order valence-electron chi connectivity index (χ4n) is 1.63. The van der Waals surface area contributed by atoms with Gasteiger partial charge in [-0.1, -0.05) is 6.92 Å². The molecule has 0 aromatic carbocycles. The Hall–Kier alpha value is -0.610. The van der Waals surface area contributed by atoms with E-state index >= 15 is 0 Å². The van der Waals surface area contributed by atoms with Gasteiger partial charge in [-0.2, -0.15) is 0 Å². The molecule has 88 valence electrons. The second-order valence-corrected chi connectivity index (χ2v) is 4.42. The lowest BCUT2D eigenvalue weighted by Crippen LogP contribution is -2.40. The average Bonchev–Trinajstić information content (AvgIpc) is 2.26. The lowest BCUT2D eigenvalue weighted by molar-refractivity contribution is -0.139. The summed E-state index contributed by atoms with van der Waals surface area (Å²) >= 11 is 0. The fourth-order valence-corrected chi connectivity index (χ4v) is 1.63. The minimum absolute atomic E-state index is 0.0299. The maximum absolute atomic E-state index is 11.7. The van der Waals surface area contributed by atoms with Gasteiger partial charge in [0.05, 0.1) is 6.10 Å². The van der Waals surface area contributed by atoms with E-state index in [1.807, 2.05) is 11.8 Å². The summed E-state index contributed by atoms with van der Waals surface area (Å²) in [6.07, 6.45) is 2.19. The van der Waals surface area contributed by atoms with E-state index in [4.69, 9.17) is 10.5 Å². The van der Waals surface area contributed by atoms with E-state index in [9.17, 15) is 4.79 Å². The van der Waals surface area contributed by atoms with E-state index in [1.165, 1.54) is 0 Å². The van der Waals surface area contributed by atoms with Crippen molar-refractivity contribution < 1.29 is 9.53 Å². The van der Waals surface area contributed by atoms with E-state index in [0.29, 0.717) is 6.54 Å². The molecule has 1 saturated heterocycles. The topological polar surface area (TPSA) is 55.6 Å². The van der Waals surface area contributed by atoms with Crippen LogP contribution in [0, 0.1) is 5.92 Å². The molecule has 1 heterocycles. The molecule has 0 radical (unpaired) electrons. The Morgan fingerprint density at radius 1 is 1.53 bits per heavy atom. The number of hydrogen-bond acceptors (Lipinski definition) is 3. The average molecular weight is 214 g/mol. The Morgan fingerprint density at radius 2 is 2.13 bits per heavy atom. The Kier molecular flexibility index (Phi) is 5.05. The van der Waals surface area contributed by atoms with Gasteiger partial charge in [-0.3, -0.25) is 4.79 Å². The van der Waals surface area contributed by atoms with Crippen LogP contribution in [-0.4, -0.2) is 43.2 Å². The highest BCUT2D eigenvalue weighted by Gasteiger charge is 2.20. The second kappa shape index (κ2) is 6.08. The first kappa shape index (κ1) is 12.5.